The maximum absolute atomic E-state index is 13.6. The Morgan fingerprint density at radius 2 is 1.50 bits per heavy atom. The predicted molar refractivity (Wildman–Crippen MR) is 117 cm³/mol. The van der Waals surface area contributed by atoms with Gasteiger partial charge in [-0.25, -0.2) is 4.39 Å². The molecule has 0 N–H and O–H groups in total. The number of amides is 1. The second-order valence-electron chi connectivity index (χ2n) is 9.59. The van der Waals surface area contributed by atoms with Crippen LogP contribution < -0.4 is 0 Å². The Kier molecular flexibility index (Phi) is 7.11. The molecule has 10 heteroatoms. The van der Waals surface area contributed by atoms with Crippen molar-refractivity contribution >= 4 is 5.91 Å². The van der Waals surface area contributed by atoms with Crippen LogP contribution in [0.2, 0.25) is 0 Å². The van der Waals surface area contributed by atoms with E-state index in [9.17, 15) is 35.5 Å². The zero-order chi connectivity index (χ0) is 26.4. The van der Waals surface area contributed by atoms with E-state index in [0.717, 1.165) is 5.56 Å². The van der Waals surface area contributed by atoms with E-state index in [4.69, 9.17) is 4.74 Å². The van der Waals surface area contributed by atoms with E-state index >= 15 is 0 Å². The molecule has 36 heavy (non-hydrogen) atoms. The number of hydrogen-bond acceptors (Lipinski definition) is 2. The highest BCUT2D eigenvalue weighted by molar-refractivity contribution is 5.78. The molecular weight excluding hydrogens is 491 g/mol. The van der Waals surface area contributed by atoms with Crippen molar-refractivity contribution in [3.8, 4) is 0 Å². The molecule has 2 fully saturated rings. The highest BCUT2D eigenvalue weighted by atomic mass is 19.4. The maximum atomic E-state index is 13.6. The van der Waals surface area contributed by atoms with Gasteiger partial charge in [0, 0.05) is 25.4 Å². The molecule has 2 aliphatic rings. The third-order valence-electron chi connectivity index (χ3n) is 7.40. The first-order valence-corrected chi connectivity index (χ1v) is 11.7. The lowest BCUT2D eigenvalue weighted by atomic mass is 9.82. The molecule has 4 rings (SSSR count). The molecule has 5 atom stereocenters. The molecule has 2 aromatic carbocycles. The topological polar surface area (TPSA) is 29.5 Å². The SMILES string of the molecule is C[C@@H](O[C@H]1CCC(C2CCC(=O)N2C)[C@@H]1c1ccc(F)cc1)c1cc(C(F)(F)F)cc(C(F)(F)F)c1. The van der Waals surface area contributed by atoms with E-state index in [1.165, 1.54) is 19.1 Å². The van der Waals surface area contributed by atoms with Crippen molar-refractivity contribution in [2.45, 2.75) is 69.1 Å². The highest BCUT2D eigenvalue weighted by Crippen LogP contribution is 2.48. The summed E-state index contributed by atoms with van der Waals surface area (Å²) in [6, 6.07) is 7.21. The van der Waals surface area contributed by atoms with Crippen molar-refractivity contribution in [2.75, 3.05) is 7.05 Å². The van der Waals surface area contributed by atoms with E-state index in [0.29, 0.717) is 37.8 Å². The van der Waals surface area contributed by atoms with Crippen LogP contribution in [0.25, 0.3) is 0 Å². The summed E-state index contributed by atoms with van der Waals surface area (Å²) < 4.78 is 99.8. The summed E-state index contributed by atoms with van der Waals surface area (Å²) in [6.07, 6.45) is -9.32. The van der Waals surface area contributed by atoms with E-state index in [2.05, 4.69) is 0 Å². The lowest BCUT2D eigenvalue weighted by Crippen LogP contribution is -2.37. The quantitative estimate of drug-likeness (QED) is 0.395. The second kappa shape index (κ2) is 9.68. The number of hydrogen-bond donors (Lipinski definition) is 0. The lowest BCUT2D eigenvalue weighted by molar-refractivity contribution is -0.143. The molecule has 2 aromatic rings. The molecular formula is C26H26F7NO2. The summed E-state index contributed by atoms with van der Waals surface area (Å²) in [5.41, 5.74) is -2.27. The Bertz CT molecular complexity index is 1060. The number of nitrogens with zero attached hydrogens (tertiary/aromatic N) is 1. The summed E-state index contributed by atoms with van der Waals surface area (Å²) in [6.45, 7) is 1.43. The lowest BCUT2D eigenvalue weighted by Gasteiger charge is -2.34. The van der Waals surface area contributed by atoms with Crippen LogP contribution >= 0.6 is 0 Å². The van der Waals surface area contributed by atoms with Gasteiger partial charge in [-0.3, -0.25) is 4.79 Å². The fraction of sp³-hybridized carbons (Fsp3) is 0.500. The van der Waals surface area contributed by atoms with Crippen molar-refractivity contribution in [1.29, 1.82) is 0 Å². The van der Waals surface area contributed by atoms with Gasteiger partial charge in [-0.1, -0.05) is 12.1 Å². The molecule has 1 aliphatic carbocycles. The fourth-order valence-corrected chi connectivity index (χ4v) is 5.60. The first-order chi connectivity index (χ1) is 16.8. The van der Waals surface area contributed by atoms with Gasteiger partial charge in [-0.15, -0.1) is 0 Å². The van der Waals surface area contributed by atoms with Gasteiger partial charge in [0.2, 0.25) is 5.91 Å². The smallest absolute Gasteiger partial charge is 0.370 e. The van der Waals surface area contributed by atoms with Crippen molar-refractivity contribution in [2.24, 2.45) is 5.92 Å². The average Bonchev–Trinajstić information content (AvgIpc) is 3.35. The Labute approximate surface area is 204 Å². The number of carbonyl (C=O) groups excluding carboxylic acids is 1. The van der Waals surface area contributed by atoms with Crippen LogP contribution in [0.5, 0.6) is 0 Å². The standard InChI is InChI=1S/C26H26F7NO2/c1-14(16-11-17(25(28,29)30)13-18(12-16)26(31,32)33)36-22-9-7-20(21-8-10-23(35)34(21)2)24(22)15-3-5-19(27)6-4-15/h3-6,11-14,20-22,24H,7-10H2,1-2H3/t14-,20?,21?,22+,24+/m1/s1. The molecule has 1 saturated heterocycles. The van der Waals surface area contributed by atoms with E-state index in [1.54, 1.807) is 24.1 Å². The largest absolute Gasteiger partial charge is 0.416 e. The summed E-state index contributed by atoms with van der Waals surface area (Å²) in [5.74, 6) is -0.772. The molecule has 0 radical (unpaired) electrons. The van der Waals surface area contributed by atoms with E-state index in [-0.39, 0.29) is 35.4 Å². The minimum absolute atomic E-state index is 0.0132. The number of likely N-dealkylation sites (tertiary alicyclic amines) is 1. The van der Waals surface area contributed by atoms with Crippen LogP contribution in [0.3, 0.4) is 0 Å². The van der Waals surface area contributed by atoms with Gasteiger partial charge in [-0.05, 0) is 73.6 Å². The van der Waals surface area contributed by atoms with Gasteiger partial charge in [-0.2, -0.15) is 26.3 Å². The minimum atomic E-state index is -4.95. The zero-order valence-electron chi connectivity index (χ0n) is 19.7. The molecule has 0 aromatic heterocycles. The predicted octanol–water partition coefficient (Wildman–Crippen LogP) is 7.12. The van der Waals surface area contributed by atoms with Crippen LogP contribution in [0, 0.1) is 11.7 Å². The number of rotatable bonds is 5. The first-order valence-electron chi connectivity index (χ1n) is 11.7. The third kappa shape index (κ3) is 5.38. The van der Waals surface area contributed by atoms with Gasteiger partial charge in [0.15, 0.2) is 0 Å². The van der Waals surface area contributed by atoms with Crippen molar-refractivity contribution in [1.82, 2.24) is 4.90 Å². The number of benzene rings is 2. The molecule has 0 spiro atoms. The molecule has 1 saturated carbocycles. The number of ether oxygens (including phenoxy) is 1. The number of carbonyl (C=O) groups is 1. The van der Waals surface area contributed by atoms with Crippen LogP contribution in [0.1, 0.15) is 66.9 Å². The molecule has 1 amide bonds. The first kappa shape index (κ1) is 26.4. The van der Waals surface area contributed by atoms with E-state index < -0.39 is 41.5 Å². The highest BCUT2D eigenvalue weighted by Gasteiger charge is 2.46. The summed E-state index contributed by atoms with van der Waals surface area (Å²) in [4.78, 5) is 13.9. The monoisotopic (exact) mass is 517 g/mol. The molecule has 196 valence electrons. The van der Waals surface area contributed by atoms with Gasteiger partial charge < -0.3 is 9.64 Å². The minimum Gasteiger partial charge on any atom is -0.370 e. The van der Waals surface area contributed by atoms with Crippen LogP contribution in [0.15, 0.2) is 42.5 Å². The van der Waals surface area contributed by atoms with E-state index in [1.807, 2.05) is 0 Å². The maximum Gasteiger partial charge on any atom is 0.416 e. The van der Waals surface area contributed by atoms with Gasteiger partial charge in [0.25, 0.3) is 0 Å². The Balaban J connectivity index is 1.65. The summed E-state index contributed by atoms with van der Waals surface area (Å²) in [7, 11) is 1.72. The van der Waals surface area contributed by atoms with Crippen molar-refractivity contribution in [3.05, 3.63) is 70.5 Å². The van der Waals surface area contributed by atoms with Crippen molar-refractivity contribution in [3.63, 3.8) is 0 Å². The van der Waals surface area contributed by atoms with Crippen LogP contribution in [-0.2, 0) is 21.9 Å². The summed E-state index contributed by atoms with van der Waals surface area (Å²) >= 11 is 0. The van der Waals surface area contributed by atoms with Crippen LogP contribution in [-0.4, -0.2) is 30.0 Å². The Morgan fingerprint density at radius 3 is 2.00 bits per heavy atom. The van der Waals surface area contributed by atoms with Gasteiger partial charge in [0.05, 0.1) is 23.3 Å². The Morgan fingerprint density at radius 1 is 0.917 bits per heavy atom. The molecule has 2 unspecified atom stereocenters. The number of alkyl halides is 6. The zero-order valence-corrected chi connectivity index (χ0v) is 19.7. The Hall–Kier alpha value is -2.62. The average molecular weight is 517 g/mol. The third-order valence-corrected chi connectivity index (χ3v) is 7.40. The fourth-order valence-electron chi connectivity index (χ4n) is 5.60. The van der Waals surface area contributed by atoms with Gasteiger partial charge in [0.1, 0.15) is 5.82 Å². The van der Waals surface area contributed by atoms with Gasteiger partial charge >= 0.3 is 12.4 Å². The molecule has 1 aliphatic heterocycles. The van der Waals surface area contributed by atoms with Crippen molar-refractivity contribution < 1.29 is 40.3 Å². The molecule has 1 heterocycles. The number of halogens is 7. The van der Waals surface area contributed by atoms with Crippen LogP contribution in [0.4, 0.5) is 30.7 Å². The molecule has 0 bridgehead atoms. The molecule has 3 nitrogen and oxygen atoms in total. The normalized spacial score (nSPS) is 26.0. The summed E-state index contributed by atoms with van der Waals surface area (Å²) in [5, 5.41) is 0. The second-order valence-corrected chi connectivity index (χ2v) is 9.59.